The second-order valence-corrected chi connectivity index (χ2v) is 10.3. The van der Waals surface area contributed by atoms with Crippen molar-refractivity contribution in [2.75, 3.05) is 24.7 Å². The van der Waals surface area contributed by atoms with E-state index < -0.39 is 9.84 Å². The van der Waals surface area contributed by atoms with E-state index in [1.807, 2.05) is 11.3 Å². The maximum absolute atomic E-state index is 12.6. The number of hydrogen-bond donors (Lipinski definition) is 2. The molecule has 26 heavy (non-hydrogen) atoms. The lowest BCUT2D eigenvalue weighted by Crippen LogP contribution is -3.14. The highest BCUT2D eigenvalue weighted by atomic mass is 32.2. The lowest BCUT2D eigenvalue weighted by molar-refractivity contribution is -0.928. The van der Waals surface area contributed by atoms with Crippen LogP contribution in [0.4, 0.5) is 5.69 Å². The predicted octanol–water partition coefficient (Wildman–Crippen LogP) is 1.68. The van der Waals surface area contributed by atoms with Gasteiger partial charge in [0.15, 0.2) is 16.4 Å². The van der Waals surface area contributed by atoms with Crippen molar-refractivity contribution in [3.05, 3.63) is 46.2 Å². The Bertz CT molecular complexity index is 932. The Hall–Kier alpha value is -1.70. The molecule has 5 nitrogen and oxygen atoms in total. The SMILES string of the molecule is CS(=O)(=O)c1cccc(NC(=O)C[NH+]2CCc3sccc3[C@@H]2C2CC2)c1. The van der Waals surface area contributed by atoms with Gasteiger partial charge in [0.05, 0.1) is 11.4 Å². The monoisotopic (exact) mass is 391 g/mol. The molecule has 2 N–H and O–H groups in total. The van der Waals surface area contributed by atoms with E-state index in [1.54, 1.807) is 18.2 Å². The van der Waals surface area contributed by atoms with E-state index in [2.05, 4.69) is 16.8 Å². The second-order valence-electron chi connectivity index (χ2n) is 7.30. The first-order valence-corrected chi connectivity index (χ1v) is 11.7. The molecule has 0 saturated heterocycles. The Balaban J connectivity index is 1.47. The van der Waals surface area contributed by atoms with Gasteiger partial charge in [-0.1, -0.05) is 6.07 Å². The first-order chi connectivity index (χ1) is 12.4. The number of quaternary nitrogens is 1. The molecule has 1 aliphatic heterocycles. The number of nitrogens with one attached hydrogen (secondary N) is 2. The molecule has 2 aliphatic rings. The lowest BCUT2D eigenvalue weighted by Gasteiger charge is -2.32. The third-order valence-corrected chi connectivity index (χ3v) is 7.36. The number of carbonyl (C=O) groups excluding carboxylic acids is 1. The number of rotatable bonds is 5. The Labute approximate surface area is 157 Å². The highest BCUT2D eigenvalue weighted by Crippen LogP contribution is 2.42. The minimum atomic E-state index is -3.28. The minimum Gasteiger partial charge on any atom is -0.321 e. The van der Waals surface area contributed by atoms with Crippen LogP contribution < -0.4 is 10.2 Å². The van der Waals surface area contributed by atoms with Gasteiger partial charge in [0.1, 0.15) is 6.04 Å². The first-order valence-electron chi connectivity index (χ1n) is 8.92. The van der Waals surface area contributed by atoms with Crippen LogP contribution in [0.3, 0.4) is 0 Å². The smallest absolute Gasteiger partial charge is 0.279 e. The quantitative estimate of drug-likeness (QED) is 0.815. The number of thiophene rings is 1. The fourth-order valence-corrected chi connectivity index (χ4v) is 5.51. The highest BCUT2D eigenvalue weighted by molar-refractivity contribution is 7.90. The molecule has 0 bridgehead atoms. The molecule has 1 aliphatic carbocycles. The van der Waals surface area contributed by atoms with Crippen LogP contribution in [-0.2, 0) is 21.1 Å². The van der Waals surface area contributed by atoms with Crippen molar-refractivity contribution in [3.8, 4) is 0 Å². The average molecular weight is 392 g/mol. The van der Waals surface area contributed by atoms with Gasteiger partial charge in [0, 0.05) is 34.7 Å². The van der Waals surface area contributed by atoms with E-state index in [0.29, 0.717) is 24.2 Å². The number of carbonyl (C=O) groups is 1. The van der Waals surface area contributed by atoms with Crippen LogP contribution >= 0.6 is 11.3 Å². The van der Waals surface area contributed by atoms with E-state index in [4.69, 9.17) is 0 Å². The third-order valence-electron chi connectivity index (χ3n) is 5.25. The van der Waals surface area contributed by atoms with Gasteiger partial charge in [-0.05, 0) is 42.5 Å². The van der Waals surface area contributed by atoms with Gasteiger partial charge in [-0.15, -0.1) is 11.3 Å². The van der Waals surface area contributed by atoms with Crippen molar-refractivity contribution in [1.82, 2.24) is 0 Å². The number of amides is 1. The number of benzene rings is 1. The highest BCUT2D eigenvalue weighted by Gasteiger charge is 2.43. The van der Waals surface area contributed by atoms with Crippen molar-refractivity contribution >= 4 is 32.8 Å². The van der Waals surface area contributed by atoms with Gasteiger partial charge in [-0.2, -0.15) is 0 Å². The minimum absolute atomic E-state index is 0.0602. The van der Waals surface area contributed by atoms with Crippen molar-refractivity contribution in [1.29, 1.82) is 0 Å². The summed E-state index contributed by atoms with van der Waals surface area (Å²) in [5.41, 5.74) is 1.97. The summed E-state index contributed by atoms with van der Waals surface area (Å²) in [5.74, 6) is 0.634. The van der Waals surface area contributed by atoms with Crippen LogP contribution in [0, 0.1) is 5.92 Å². The van der Waals surface area contributed by atoms with Crippen LogP contribution in [0.15, 0.2) is 40.6 Å². The van der Waals surface area contributed by atoms with Crippen LogP contribution in [-0.4, -0.2) is 33.7 Å². The van der Waals surface area contributed by atoms with Crippen LogP contribution in [0.25, 0.3) is 0 Å². The summed E-state index contributed by atoms with van der Waals surface area (Å²) >= 11 is 1.83. The number of fused-ring (bicyclic) bond motifs is 1. The van der Waals surface area contributed by atoms with Crippen LogP contribution in [0.1, 0.15) is 29.3 Å². The van der Waals surface area contributed by atoms with Crippen LogP contribution in [0.5, 0.6) is 0 Å². The normalized spacial score (nSPS) is 22.7. The van der Waals surface area contributed by atoms with Gasteiger partial charge in [0.2, 0.25) is 0 Å². The standard InChI is InChI=1S/C19H22N2O3S2/c1-26(23,24)15-4-2-3-14(11-15)20-18(22)12-21-9-7-17-16(8-10-25-17)19(21)13-5-6-13/h2-4,8,10-11,13,19H,5-7,9,12H2,1H3,(H,20,22)/p+1/t19-/m0/s1. The maximum atomic E-state index is 12.6. The molecule has 2 heterocycles. The van der Waals surface area contributed by atoms with E-state index in [0.717, 1.165) is 13.0 Å². The Kier molecular flexibility index (Phi) is 4.62. The zero-order valence-electron chi connectivity index (χ0n) is 14.7. The molecule has 1 aromatic heterocycles. The van der Waals surface area contributed by atoms with E-state index >= 15 is 0 Å². The zero-order valence-corrected chi connectivity index (χ0v) is 16.3. The molecular formula is C19H23N2O3S2+. The molecule has 1 amide bonds. The number of sulfone groups is 1. The molecule has 1 fully saturated rings. The predicted molar refractivity (Wildman–Crippen MR) is 102 cm³/mol. The molecule has 0 radical (unpaired) electrons. The molecule has 4 rings (SSSR count). The molecule has 2 aromatic rings. The van der Waals surface area contributed by atoms with Gasteiger partial charge in [-0.3, -0.25) is 4.79 Å². The van der Waals surface area contributed by atoms with Gasteiger partial charge < -0.3 is 10.2 Å². The van der Waals surface area contributed by atoms with Crippen molar-refractivity contribution in [2.24, 2.45) is 5.92 Å². The summed E-state index contributed by atoms with van der Waals surface area (Å²) < 4.78 is 23.4. The summed E-state index contributed by atoms with van der Waals surface area (Å²) in [6, 6.07) is 9.11. The van der Waals surface area contributed by atoms with E-state index in [-0.39, 0.29) is 10.8 Å². The summed E-state index contributed by atoms with van der Waals surface area (Å²) in [5, 5.41) is 5.04. The number of hydrogen-bond acceptors (Lipinski definition) is 4. The largest absolute Gasteiger partial charge is 0.321 e. The lowest BCUT2D eigenvalue weighted by atomic mass is 9.96. The summed E-state index contributed by atoms with van der Waals surface area (Å²) in [7, 11) is -3.28. The molecule has 7 heteroatoms. The summed E-state index contributed by atoms with van der Waals surface area (Å²) in [6.07, 6.45) is 4.70. The Morgan fingerprint density at radius 2 is 2.12 bits per heavy atom. The van der Waals surface area contributed by atoms with Gasteiger partial charge in [0.25, 0.3) is 5.91 Å². The molecule has 0 spiro atoms. The fraction of sp³-hybridized carbons (Fsp3) is 0.421. The number of anilines is 1. The average Bonchev–Trinajstić information content (AvgIpc) is 3.30. The molecule has 1 saturated carbocycles. The van der Waals surface area contributed by atoms with Crippen molar-refractivity contribution in [3.63, 3.8) is 0 Å². The van der Waals surface area contributed by atoms with Crippen molar-refractivity contribution in [2.45, 2.75) is 30.2 Å². The summed E-state index contributed by atoms with van der Waals surface area (Å²) in [4.78, 5) is 15.6. The molecular weight excluding hydrogens is 368 g/mol. The van der Waals surface area contributed by atoms with Crippen LogP contribution in [0.2, 0.25) is 0 Å². The van der Waals surface area contributed by atoms with Gasteiger partial charge >= 0.3 is 0 Å². The van der Waals surface area contributed by atoms with E-state index in [9.17, 15) is 13.2 Å². The third kappa shape index (κ3) is 3.70. The summed E-state index contributed by atoms with van der Waals surface area (Å²) in [6.45, 7) is 1.39. The Morgan fingerprint density at radius 1 is 1.31 bits per heavy atom. The Morgan fingerprint density at radius 3 is 2.85 bits per heavy atom. The van der Waals surface area contributed by atoms with E-state index in [1.165, 1.54) is 40.5 Å². The molecule has 1 aromatic carbocycles. The second kappa shape index (κ2) is 6.79. The fourth-order valence-electron chi connectivity index (χ4n) is 3.91. The van der Waals surface area contributed by atoms with Crippen molar-refractivity contribution < 1.29 is 18.1 Å². The topological polar surface area (TPSA) is 67.7 Å². The molecule has 1 unspecified atom stereocenters. The molecule has 2 atom stereocenters. The molecule has 138 valence electrons. The first kappa shape index (κ1) is 17.7. The maximum Gasteiger partial charge on any atom is 0.279 e. The van der Waals surface area contributed by atoms with Gasteiger partial charge in [-0.25, -0.2) is 8.42 Å². The zero-order chi connectivity index (χ0) is 18.3.